The monoisotopic (exact) mass is 307 g/mol. The van der Waals surface area contributed by atoms with E-state index >= 15 is 0 Å². The first-order valence-electron chi connectivity index (χ1n) is 6.89. The van der Waals surface area contributed by atoms with Gasteiger partial charge in [-0.05, 0) is 37.2 Å². The van der Waals surface area contributed by atoms with E-state index in [0.29, 0.717) is 17.1 Å². The van der Waals surface area contributed by atoms with Crippen LogP contribution in [-0.4, -0.2) is 16.0 Å². The molecule has 21 heavy (non-hydrogen) atoms. The fraction of sp³-hybridized carbons (Fsp3) is 0.333. The second-order valence-corrected chi connectivity index (χ2v) is 5.27. The maximum atomic E-state index is 11.1. The summed E-state index contributed by atoms with van der Waals surface area (Å²) in [5, 5.41) is 14.9. The molecular formula is C15H18ClN3O2. The van der Waals surface area contributed by atoms with Gasteiger partial charge in [-0.15, -0.1) is 0 Å². The molecule has 0 aliphatic rings. The Morgan fingerprint density at radius 3 is 2.90 bits per heavy atom. The Morgan fingerprint density at radius 1 is 1.38 bits per heavy atom. The van der Waals surface area contributed by atoms with Gasteiger partial charge in [0.15, 0.2) is 0 Å². The highest BCUT2D eigenvalue weighted by Gasteiger charge is 2.15. The Balaban J connectivity index is 2.20. The van der Waals surface area contributed by atoms with Crippen molar-refractivity contribution in [2.75, 3.05) is 6.54 Å². The zero-order valence-corrected chi connectivity index (χ0v) is 12.6. The van der Waals surface area contributed by atoms with Crippen LogP contribution in [0.3, 0.4) is 0 Å². The van der Waals surface area contributed by atoms with Crippen molar-refractivity contribution in [3.63, 3.8) is 0 Å². The van der Waals surface area contributed by atoms with Crippen LogP contribution in [0.5, 0.6) is 0 Å². The Kier molecular flexibility index (Phi) is 5.36. The van der Waals surface area contributed by atoms with Gasteiger partial charge in [-0.1, -0.05) is 18.5 Å². The molecule has 0 saturated heterocycles. The van der Waals surface area contributed by atoms with Crippen molar-refractivity contribution in [1.29, 1.82) is 0 Å². The lowest BCUT2D eigenvalue weighted by molar-refractivity contribution is -0.385. The molecule has 1 aromatic carbocycles. The first-order valence-corrected chi connectivity index (χ1v) is 7.27. The quantitative estimate of drug-likeness (QED) is 0.483. The van der Waals surface area contributed by atoms with Gasteiger partial charge in [0.25, 0.3) is 5.69 Å². The zero-order valence-electron chi connectivity index (χ0n) is 11.9. The summed E-state index contributed by atoms with van der Waals surface area (Å²) in [5.41, 5.74) is 1.80. The predicted molar refractivity (Wildman–Crippen MR) is 83.6 cm³/mol. The van der Waals surface area contributed by atoms with Crippen molar-refractivity contribution in [2.24, 2.45) is 0 Å². The number of benzene rings is 1. The third-order valence-corrected chi connectivity index (χ3v) is 3.47. The van der Waals surface area contributed by atoms with Gasteiger partial charge in [0.2, 0.25) is 0 Å². The van der Waals surface area contributed by atoms with E-state index in [1.165, 1.54) is 6.07 Å². The van der Waals surface area contributed by atoms with Crippen LogP contribution >= 0.6 is 11.6 Å². The van der Waals surface area contributed by atoms with Crippen molar-refractivity contribution >= 4 is 17.3 Å². The summed E-state index contributed by atoms with van der Waals surface area (Å²) >= 11 is 5.96. The van der Waals surface area contributed by atoms with Crippen LogP contribution in [-0.2, 0) is 13.1 Å². The van der Waals surface area contributed by atoms with Crippen LogP contribution in [0.4, 0.5) is 5.69 Å². The zero-order chi connectivity index (χ0) is 15.2. The van der Waals surface area contributed by atoms with Crippen molar-refractivity contribution in [3.8, 4) is 0 Å². The van der Waals surface area contributed by atoms with Gasteiger partial charge < -0.3 is 9.88 Å². The standard InChI is InChI=1S/C15H18ClN3O2/c1-2-7-17-10-14-4-3-8-18(14)11-12-9-13(16)5-6-15(12)19(20)21/h3-6,8-9,17H,2,7,10-11H2,1H3. The van der Waals surface area contributed by atoms with Gasteiger partial charge in [0.05, 0.1) is 17.0 Å². The van der Waals surface area contributed by atoms with Crippen LogP contribution in [0.25, 0.3) is 0 Å². The second kappa shape index (κ2) is 7.24. The van der Waals surface area contributed by atoms with E-state index in [-0.39, 0.29) is 10.6 Å². The average molecular weight is 308 g/mol. The van der Waals surface area contributed by atoms with Crippen LogP contribution in [0.1, 0.15) is 24.6 Å². The van der Waals surface area contributed by atoms with Gasteiger partial charge in [0, 0.05) is 29.5 Å². The summed E-state index contributed by atoms with van der Waals surface area (Å²) in [4.78, 5) is 10.7. The molecule has 1 aromatic heterocycles. The summed E-state index contributed by atoms with van der Waals surface area (Å²) in [7, 11) is 0. The lowest BCUT2D eigenvalue weighted by Gasteiger charge is -2.11. The van der Waals surface area contributed by atoms with Gasteiger partial charge in [-0.25, -0.2) is 0 Å². The fourth-order valence-electron chi connectivity index (χ4n) is 2.20. The summed E-state index contributed by atoms with van der Waals surface area (Å²) in [6.45, 7) is 4.24. The van der Waals surface area contributed by atoms with Crippen LogP contribution in [0.2, 0.25) is 5.02 Å². The van der Waals surface area contributed by atoms with Gasteiger partial charge in [-0.3, -0.25) is 10.1 Å². The predicted octanol–water partition coefficient (Wildman–Crippen LogP) is 3.60. The molecule has 5 nitrogen and oxygen atoms in total. The lowest BCUT2D eigenvalue weighted by atomic mass is 10.2. The van der Waals surface area contributed by atoms with E-state index in [1.54, 1.807) is 12.1 Å². The normalized spacial score (nSPS) is 10.8. The minimum Gasteiger partial charge on any atom is -0.346 e. The number of aromatic nitrogens is 1. The number of nitrogens with zero attached hydrogens (tertiary/aromatic N) is 2. The molecule has 1 N–H and O–H groups in total. The highest BCUT2D eigenvalue weighted by atomic mass is 35.5. The van der Waals surface area contributed by atoms with Crippen molar-refractivity contribution < 1.29 is 4.92 Å². The van der Waals surface area contributed by atoms with Gasteiger partial charge in [-0.2, -0.15) is 0 Å². The molecule has 2 aromatic rings. The average Bonchev–Trinajstić information content (AvgIpc) is 2.86. The highest BCUT2D eigenvalue weighted by molar-refractivity contribution is 6.30. The van der Waals surface area contributed by atoms with E-state index in [4.69, 9.17) is 11.6 Å². The Bertz CT molecular complexity index is 625. The molecule has 2 rings (SSSR count). The van der Waals surface area contributed by atoms with Crippen LogP contribution in [0.15, 0.2) is 36.5 Å². The summed E-state index contributed by atoms with van der Waals surface area (Å²) in [5.74, 6) is 0. The molecule has 1 heterocycles. The second-order valence-electron chi connectivity index (χ2n) is 4.83. The number of halogens is 1. The lowest BCUT2D eigenvalue weighted by Crippen LogP contribution is -2.17. The van der Waals surface area contributed by atoms with Crippen molar-refractivity contribution in [1.82, 2.24) is 9.88 Å². The number of hydrogen-bond donors (Lipinski definition) is 1. The maximum Gasteiger partial charge on any atom is 0.274 e. The molecule has 0 fully saturated rings. The largest absolute Gasteiger partial charge is 0.346 e. The molecule has 0 saturated carbocycles. The van der Waals surface area contributed by atoms with Gasteiger partial charge >= 0.3 is 0 Å². The van der Waals surface area contributed by atoms with Gasteiger partial charge in [0.1, 0.15) is 0 Å². The number of nitro groups is 1. The molecule has 0 bridgehead atoms. The SMILES string of the molecule is CCCNCc1cccn1Cc1cc(Cl)ccc1[N+](=O)[O-]. The van der Waals surface area contributed by atoms with Crippen LogP contribution < -0.4 is 5.32 Å². The first kappa shape index (κ1) is 15.5. The van der Waals surface area contributed by atoms with E-state index in [0.717, 1.165) is 25.2 Å². The number of rotatable bonds is 7. The summed E-state index contributed by atoms with van der Waals surface area (Å²) in [6.07, 6.45) is 2.99. The number of hydrogen-bond acceptors (Lipinski definition) is 3. The Morgan fingerprint density at radius 2 is 2.19 bits per heavy atom. The van der Waals surface area contributed by atoms with Crippen LogP contribution in [0, 0.1) is 10.1 Å². The summed E-state index contributed by atoms with van der Waals surface area (Å²) < 4.78 is 2.00. The van der Waals surface area contributed by atoms with E-state index < -0.39 is 0 Å². The highest BCUT2D eigenvalue weighted by Crippen LogP contribution is 2.24. The minimum absolute atomic E-state index is 0.0977. The third kappa shape index (κ3) is 4.06. The first-order chi connectivity index (χ1) is 10.1. The van der Waals surface area contributed by atoms with Crippen molar-refractivity contribution in [3.05, 3.63) is 62.9 Å². The number of nitro benzene ring substituents is 1. The molecule has 0 amide bonds. The maximum absolute atomic E-state index is 11.1. The molecule has 0 aliphatic heterocycles. The van der Waals surface area contributed by atoms with E-state index in [9.17, 15) is 10.1 Å². The molecular weight excluding hydrogens is 290 g/mol. The van der Waals surface area contributed by atoms with E-state index in [2.05, 4.69) is 12.2 Å². The number of nitrogens with one attached hydrogen (secondary N) is 1. The molecule has 0 aliphatic carbocycles. The minimum atomic E-state index is -0.371. The molecule has 0 unspecified atom stereocenters. The molecule has 0 radical (unpaired) electrons. The molecule has 6 heteroatoms. The van der Waals surface area contributed by atoms with Crippen molar-refractivity contribution in [2.45, 2.75) is 26.4 Å². The third-order valence-electron chi connectivity index (χ3n) is 3.24. The Hall–Kier alpha value is -1.85. The molecule has 112 valence electrons. The Labute approximate surface area is 128 Å². The topological polar surface area (TPSA) is 60.1 Å². The smallest absolute Gasteiger partial charge is 0.274 e. The van der Waals surface area contributed by atoms with E-state index in [1.807, 2.05) is 22.9 Å². The summed E-state index contributed by atoms with van der Waals surface area (Å²) in [6, 6.07) is 8.61. The molecule has 0 atom stereocenters. The molecule has 0 spiro atoms. The fourth-order valence-corrected chi connectivity index (χ4v) is 2.39.